The maximum Gasteiger partial charge on any atom is 0.326 e. The van der Waals surface area contributed by atoms with Crippen LogP contribution in [0.25, 0.3) is 0 Å². The zero-order chi connectivity index (χ0) is 28.8. The normalized spacial score (nSPS) is 13.9. The van der Waals surface area contributed by atoms with Gasteiger partial charge in [0.1, 0.15) is 18.1 Å². The first-order valence-electron chi connectivity index (χ1n) is 12.0. The fraction of sp³-hybridized carbons (Fsp3) is 0.500. The molecule has 1 aromatic rings. The van der Waals surface area contributed by atoms with Crippen molar-refractivity contribution in [2.45, 2.75) is 63.7 Å². The molecule has 1 aromatic carbocycles. The standard InChI is InChI=1S/C24H37N7O7/c1-13(2)19(31-20(34)15(25)12-18(32)33)22(36)29-16(9-6-10-28-24(26)27)21(35)30-17(23(37)38)11-14-7-4-3-5-8-14/h3-5,7-8,13,15-17,19H,6,9-12,25H2,1-2H3,(H,29,36)(H,30,35)(H,31,34)(H,32,33)(H,37,38)(H4,26,27,28). The molecule has 4 atom stereocenters. The predicted molar refractivity (Wildman–Crippen MR) is 139 cm³/mol. The summed E-state index contributed by atoms with van der Waals surface area (Å²) in [6.07, 6.45) is -0.285. The lowest BCUT2D eigenvalue weighted by Crippen LogP contribution is -2.58. The summed E-state index contributed by atoms with van der Waals surface area (Å²) in [6, 6.07) is 3.74. The number of carboxylic acid groups (broad SMARTS) is 2. The summed E-state index contributed by atoms with van der Waals surface area (Å²) >= 11 is 0. The van der Waals surface area contributed by atoms with E-state index >= 15 is 0 Å². The van der Waals surface area contributed by atoms with E-state index in [9.17, 15) is 29.1 Å². The van der Waals surface area contributed by atoms with Crippen molar-refractivity contribution in [3.05, 3.63) is 35.9 Å². The fourth-order valence-electron chi connectivity index (χ4n) is 3.43. The van der Waals surface area contributed by atoms with E-state index in [1.807, 2.05) is 0 Å². The van der Waals surface area contributed by atoms with Crippen LogP contribution in [0.3, 0.4) is 0 Å². The van der Waals surface area contributed by atoms with E-state index in [1.54, 1.807) is 44.2 Å². The third kappa shape index (κ3) is 11.7. The lowest BCUT2D eigenvalue weighted by molar-refractivity contribution is -0.142. The Kier molecular flexibility index (Phi) is 13.2. The summed E-state index contributed by atoms with van der Waals surface area (Å²) in [6.45, 7) is 3.44. The zero-order valence-corrected chi connectivity index (χ0v) is 21.4. The molecule has 0 bridgehead atoms. The maximum absolute atomic E-state index is 13.1. The van der Waals surface area contributed by atoms with Gasteiger partial charge in [-0.3, -0.25) is 24.2 Å². The molecule has 0 radical (unpaired) electrons. The van der Waals surface area contributed by atoms with E-state index in [1.165, 1.54) is 0 Å². The lowest BCUT2D eigenvalue weighted by Gasteiger charge is -2.27. The summed E-state index contributed by atoms with van der Waals surface area (Å²) in [5.74, 6) is -5.46. The highest BCUT2D eigenvalue weighted by Crippen LogP contribution is 2.08. The molecule has 0 saturated carbocycles. The molecule has 3 amide bonds. The first kappa shape index (κ1) is 31.8. The number of hydrogen-bond donors (Lipinski definition) is 8. The van der Waals surface area contributed by atoms with Crippen molar-refractivity contribution in [3.63, 3.8) is 0 Å². The molecular weight excluding hydrogens is 498 g/mol. The Labute approximate surface area is 220 Å². The van der Waals surface area contributed by atoms with Gasteiger partial charge in [0.05, 0.1) is 12.5 Å². The summed E-state index contributed by atoms with van der Waals surface area (Å²) in [5, 5.41) is 25.9. The quantitative estimate of drug-likeness (QED) is 0.0675. The van der Waals surface area contributed by atoms with Gasteiger partial charge in [-0.25, -0.2) is 4.79 Å². The third-order valence-corrected chi connectivity index (χ3v) is 5.45. The minimum absolute atomic E-state index is 0.0166. The van der Waals surface area contributed by atoms with Crippen LogP contribution in [-0.2, 0) is 30.4 Å². The van der Waals surface area contributed by atoms with Crippen molar-refractivity contribution in [2.24, 2.45) is 28.1 Å². The van der Waals surface area contributed by atoms with Gasteiger partial charge in [0.15, 0.2) is 5.96 Å². The molecule has 38 heavy (non-hydrogen) atoms. The fourth-order valence-corrected chi connectivity index (χ4v) is 3.43. The summed E-state index contributed by atoms with van der Waals surface area (Å²) in [4.78, 5) is 65.0. The van der Waals surface area contributed by atoms with E-state index in [2.05, 4.69) is 20.9 Å². The van der Waals surface area contributed by atoms with Crippen molar-refractivity contribution in [1.82, 2.24) is 16.0 Å². The first-order chi connectivity index (χ1) is 17.8. The minimum atomic E-state index is -1.38. The molecule has 0 spiro atoms. The molecule has 210 valence electrons. The monoisotopic (exact) mass is 535 g/mol. The van der Waals surface area contributed by atoms with Gasteiger partial charge in [0.2, 0.25) is 17.7 Å². The topological polar surface area (TPSA) is 252 Å². The number of amides is 3. The van der Waals surface area contributed by atoms with E-state index in [-0.39, 0.29) is 31.8 Å². The lowest BCUT2D eigenvalue weighted by atomic mass is 10.0. The molecule has 0 heterocycles. The second-order valence-corrected chi connectivity index (χ2v) is 9.03. The van der Waals surface area contributed by atoms with E-state index < -0.39 is 66.2 Å². The van der Waals surface area contributed by atoms with Crippen molar-refractivity contribution in [3.8, 4) is 0 Å². The largest absolute Gasteiger partial charge is 0.481 e. The van der Waals surface area contributed by atoms with Crippen LogP contribution in [-0.4, -0.2) is 76.5 Å². The molecule has 0 aliphatic carbocycles. The number of nitrogens with zero attached hydrogens (tertiary/aromatic N) is 1. The summed E-state index contributed by atoms with van der Waals surface area (Å²) in [7, 11) is 0. The number of carbonyl (C=O) groups is 5. The Morgan fingerprint density at radius 3 is 2.03 bits per heavy atom. The Balaban J connectivity index is 3.04. The Morgan fingerprint density at radius 2 is 1.50 bits per heavy atom. The number of rotatable bonds is 16. The molecular formula is C24H37N7O7. The van der Waals surface area contributed by atoms with Crippen LogP contribution in [0.1, 0.15) is 38.7 Å². The Morgan fingerprint density at radius 1 is 0.895 bits per heavy atom. The van der Waals surface area contributed by atoms with Crippen LogP contribution in [0.15, 0.2) is 35.3 Å². The molecule has 4 unspecified atom stereocenters. The number of nitrogens with one attached hydrogen (secondary N) is 3. The molecule has 0 fully saturated rings. The van der Waals surface area contributed by atoms with Gasteiger partial charge < -0.3 is 43.4 Å². The average Bonchev–Trinajstić information content (AvgIpc) is 2.83. The van der Waals surface area contributed by atoms with E-state index in [4.69, 9.17) is 22.3 Å². The molecule has 0 aromatic heterocycles. The van der Waals surface area contributed by atoms with Crippen molar-refractivity contribution in [1.29, 1.82) is 0 Å². The minimum Gasteiger partial charge on any atom is -0.481 e. The number of hydrogen-bond acceptors (Lipinski definition) is 7. The second kappa shape index (κ2) is 15.8. The van der Waals surface area contributed by atoms with Gasteiger partial charge >= 0.3 is 11.9 Å². The molecule has 0 aliphatic rings. The van der Waals surface area contributed by atoms with E-state index in [0.717, 1.165) is 0 Å². The number of benzene rings is 1. The molecule has 0 saturated heterocycles. The summed E-state index contributed by atoms with van der Waals surface area (Å²) in [5.41, 5.74) is 16.9. The van der Waals surface area contributed by atoms with Gasteiger partial charge in [-0.15, -0.1) is 0 Å². The van der Waals surface area contributed by atoms with Crippen molar-refractivity contribution >= 4 is 35.6 Å². The van der Waals surface area contributed by atoms with Crippen molar-refractivity contribution in [2.75, 3.05) is 6.54 Å². The number of aliphatic carboxylic acids is 2. The van der Waals surface area contributed by atoms with Crippen LogP contribution < -0.4 is 33.2 Å². The Bertz CT molecular complexity index is 997. The third-order valence-electron chi connectivity index (χ3n) is 5.45. The maximum atomic E-state index is 13.1. The van der Waals surface area contributed by atoms with Crippen LogP contribution in [0, 0.1) is 5.92 Å². The second-order valence-electron chi connectivity index (χ2n) is 9.03. The van der Waals surface area contributed by atoms with Crippen LogP contribution in [0.5, 0.6) is 0 Å². The highest BCUT2D eigenvalue weighted by Gasteiger charge is 2.32. The van der Waals surface area contributed by atoms with Gasteiger partial charge in [0.25, 0.3) is 0 Å². The van der Waals surface area contributed by atoms with Gasteiger partial charge in [0, 0.05) is 13.0 Å². The molecule has 11 N–H and O–H groups in total. The Hall–Kier alpha value is -4.20. The number of nitrogens with two attached hydrogens (primary N) is 3. The molecule has 0 aliphatic heterocycles. The van der Waals surface area contributed by atoms with E-state index in [0.29, 0.717) is 5.56 Å². The predicted octanol–water partition coefficient (Wildman–Crippen LogP) is -1.72. The SMILES string of the molecule is CC(C)C(NC(=O)C(N)CC(=O)O)C(=O)NC(CCCN=C(N)N)C(=O)NC(Cc1ccccc1)C(=O)O. The van der Waals surface area contributed by atoms with Crippen molar-refractivity contribution < 1.29 is 34.2 Å². The summed E-state index contributed by atoms with van der Waals surface area (Å²) < 4.78 is 0. The highest BCUT2D eigenvalue weighted by atomic mass is 16.4. The van der Waals surface area contributed by atoms with Gasteiger partial charge in [-0.05, 0) is 24.3 Å². The molecule has 1 rings (SSSR count). The number of carboxylic acids is 2. The molecule has 14 nitrogen and oxygen atoms in total. The highest BCUT2D eigenvalue weighted by molar-refractivity contribution is 5.94. The van der Waals surface area contributed by atoms with Crippen LogP contribution >= 0.6 is 0 Å². The number of guanidine groups is 1. The average molecular weight is 536 g/mol. The zero-order valence-electron chi connectivity index (χ0n) is 21.4. The van der Waals surface area contributed by atoms with Gasteiger partial charge in [-0.1, -0.05) is 44.2 Å². The molecule has 14 heteroatoms. The van der Waals surface area contributed by atoms with Crippen LogP contribution in [0.2, 0.25) is 0 Å². The van der Waals surface area contributed by atoms with Gasteiger partial charge in [-0.2, -0.15) is 0 Å². The first-order valence-corrected chi connectivity index (χ1v) is 12.0. The number of carbonyl (C=O) groups excluding carboxylic acids is 3. The smallest absolute Gasteiger partial charge is 0.326 e. The number of aliphatic imine (C=N–C) groups is 1. The van der Waals surface area contributed by atoms with Crippen LogP contribution in [0.4, 0.5) is 0 Å².